The number of hydrogen-bond donors (Lipinski definition) is 2. The van der Waals surface area contributed by atoms with Crippen molar-refractivity contribution in [3.05, 3.63) is 32.8 Å². The minimum atomic E-state index is -1.28. The number of nitro benzene ring substituents is 1. The number of halogens is 1. The van der Waals surface area contributed by atoms with Crippen LogP contribution in [-0.2, 0) is 0 Å². The fourth-order valence-electron chi connectivity index (χ4n) is 0.903. The van der Waals surface area contributed by atoms with E-state index in [0.717, 1.165) is 12.1 Å². The van der Waals surface area contributed by atoms with E-state index in [4.69, 9.17) is 22.4 Å². The van der Waals surface area contributed by atoms with Crippen LogP contribution in [0, 0.1) is 10.1 Å². The van der Waals surface area contributed by atoms with E-state index in [0.29, 0.717) is 0 Å². The van der Waals surface area contributed by atoms with Crippen LogP contribution in [-0.4, -0.2) is 16.0 Å². The third-order valence-corrected chi connectivity index (χ3v) is 1.85. The molecule has 7 heteroatoms. The molecule has 0 bridgehead atoms. The van der Waals surface area contributed by atoms with Crippen molar-refractivity contribution in [2.24, 2.45) is 0 Å². The molecule has 0 aromatic heterocycles. The fraction of sp³-hybridized carbons (Fsp3) is 0. The average molecular weight is 217 g/mol. The van der Waals surface area contributed by atoms with Gasteiger partial charge in [0.1, 0.15) is 5.02 Å². The van der Waals surface area contributed by atoms with Crippen molar-refractivity contribution in [2.75, 3.05) is 5.73 Å². The van der Waals surface area contributed by atoms with Crippen molar-refractivity contribution in [3.8, 4) is 0 Å². The number of nitro groups is 1. The Morgan fingerprint density at radius 1 is 1.57 bits per heavy atom. The molecule has 0 aliphatic heterocycles. The molecule has 0 fully saturated rings. The fourth-order valence-corrected chi connectivity index (χ4v) is 1.14. The summed E-state index contributed by atoms with van der Waals surface area (Å²) in [6.07, 6.45) is 0. The summed E-state index contributed by atoms with van der Waals surface area (Å²) in [5.74, 6) is -1.28. The Labute approximate surface area is 83.0 Å². The average Bonchev–Trinajstić information content (AvgIpc) is 2.07. The lowest BCUT2D eigenvalue weighted by Gasteiger charge is -2.01. The Balaban J connectivity index is 3.38. The van der Waals surface area contributed by atoms with E-state index in [1.54, 1.807) is 0 Å². The Morgan fingerprint density at radius 3 is 2.57 bits per heavy atom. The van der Waals surface area contributed by atoms with Gasteiger partial charge in [-0.2, -0.15) is 0 Å². The van der Waals surface area contributed by atoms with Crippen molar-refractivity contribution < 1.29 is 14.8 Å². The van der Waals surface area contributed by atoms with Crippen molar-refractivity contribution in [2.45, 2.75) is 0 Å². The Kier molecular flexibility index (Phi) is 2.57. The first-order valence-corrected chi connectivity index (χ1v) is 3.78. The Hall–Kier alpha value is -1.82. The van der Waals surface area contributed by atoms with Crippen LogP contribution in [0.2, 0.25) is 5.02 Å². The Morgan fingerprint density at radius 2 is 2.14 bits per heavy atom. The van der Waals surface area contributed by atoms with Crippen molar-refractivity contribution >= 4 is 28.9 Å². The first-order chi connectivity index (χ1) is 6.43. The molecule has 14 heavy (non-hydrogen) atoms. The highest BCUT2D eigenvalue weighted by atomic mass is 35.5. The molecule has 0 unspecified atom stereocenters. The van der Waals surface area contributed by atoms with Crippen LogP contribution in [0.5, 0.6) is 0 Å². The SMILES string of the molecule is Nc1cc([N+](=O)[O-])c(Cl)cc1C(=O)O. The lowest BCUT2D eigenvalue weighted by atomic mass is 10.1. The van der Waals surface area contributed by atoms with Gasteiger partial charge in [-0.1, -0.05) is 11.6 Å². The van der Waals surface area contributed by atoms with E-state index in [9.17, 15) is 14.9 Å². The second kappa shape index (κ2) is 3.51. The van der Waals surface area contributed by atoms with Gasteiger partial charge in [0.15, 0.2) is 0 Å². The maximum absolute atomic E-state index is 10.5. The molecular weight excluding hydrogens is 212 g/mol. The first-order valence-electron chi connectivity index (χ1n) is 3.40. The molecule has 0 aliphatic carbocycles. The van der Waals surface area contributed by atoms with Gasteiger partial charge in [-0.15, -0.1) is 0 Å². The summed E-state index contributed by atoms with van der Waals surface area (Å²) in [6.45, 7) is 0. The van der Waals surface area contributed by atoms with Gasteiger partial charge in [0.05, 0.1) is 16.2 Å². The molecule has 0 radical (unpaired) electrons. The summed E-state index contributed by atoms with van der Waals surface area (Å²) < 4.78 is 0. The monoisotopic (exact) mass is 216 g/mol. The highest BCUT2D eigenvalue weighted by molar-refractivity contribution is 6.33. The number of anilines is 1. The van der Waals surface area contributed by atoms with E-state index in [-0.39, 0.29) is 16.3 Å². The third kappa shape index (κ3) is 1.74. The van der Waals surface area contributed by atoms with Gasteiger partial charge in [0.2, 0.25) is 0 Å². The maximum Gasteiger partial charge on any atom is 0.337 e. The van der Waals surface area contributed by atoms with Crippen LogP contribution < -0.4 is 5.73 Å². The minimum absolute atomic E-state index is 0.186. The summed E-state index contributed by atoms with van der Waals surface area (Å²) in [5.41, 5.74) is 4.44. The molecule has 1 aromatic rings. The van der Waals surface area contributed by atoms with Crippen LogP contribution in [0.25, 0.3) is 0 Å². The number of carboxylic acids is 1. The summed E-state index contributed by atoms with van der Waals surface area (Å²) in [7, 11) is 0. The number of aromatic carboxylic acids is 1. The number of carbonyl (C=O) groups is 1. The number of carboxylic acid groups (broad SMARTS) is 1. The third-order valence-electron chi connectivity index (χ3n) is 1.55. The number of nitrogen functional groups attached to an aromatic ring is 1. The predicted octanol–water partition coefficient (Wildman–Crippen LogP) is 1.53. The van der Waals surface area contributed by atoms with Crippen LogP contribution in [0.15, 0.2) is 12.1 Å². The second-order valence-electron chi connectivity index (χ2n) is 2.45. The second-order valence-corrected chi connectivity index (χ2v) is 2.86. The lowest BCUT2D eigenvalue weighted by molar-refractivity contribution is -0.384. The van der Waals surface area contributed by atoms with Gasteiger partial charge in [-0.3, -0.25) is 10.1 Å². The molecule has 0 atom stereocenters. The predicted molar refractivity (Wildman–Crippen MR) is 49.5 cm³/mol. The molecule has 74 valence electrons. The normalized spacial score (nSPS) is 9.79. The van der Waals surface area contributed by atoms with Crippen molar-refractivity contribution in [1.82, 2.24) is 0 Å². The largest absolute Gasteiger partial charge is 0.478 e. The van der Waals surface area contributed by atoms with E-state index in [2.05, 4.69) is 0 Å². The number of benzene rings is 1. The van der Waals surface area contributed by atoms with Gasteiger partial charge in [-0.05, 0) is 6.07 Å². The van der Waals surface area contributed by atoms with Crippen LogP contribution >= 0.6 is 11.6 Å². The Bertz CT molecular complexity index is 379. The van der Waals surface area contributed by atoms with Gasteiger partial charge >= 0.3 is 5.97 Å². The summed E-state index contributed by atoms with van der Waals surface area (Å²) in [5, 5.41) is 18.7. The highest BCUT2D eigenvalue weighted by Gasteiger charge is 2.18. The zero-order chi connectivity index (χ0) is 10.9. The topological polar surface area (TPSA) is 106 Å². The van der Waals surface area contributed by atoms with Gasteiger partial charge in [0.25, 0.3) is 5.69 Å². The molecule has 0 saturated heterocycles. The molecule has 0 heterocycles. The van der Waals surface area contributed by atoms with Crippen LogP contribution in [0.4, 0.5) is 11.4 Å². The zero-order valence-electron chi connectivity index (χ0n) is 6.73. The standard InChI is InChI=1S/C7H5ClN2O4/c8-4-1-3(7(11)12)5(9)2-6(4)10(13)14/h1-2H,9H2,(H,11,12). The molecule has 1 aromatic carbocycles. The molecule has 3 N–H and O–H groups in total. The van der Waals surface area contributed by atoms with E-state index >= 15 is 0 Å². The molecule has 0 aliphatic rings. The smallest absolute Gasteiger partial charge is 0.337 e. The van der Waals surface area contributed by atoms with Crippen LogP contribution in [0.3, 0.4) is 0 Å². The number of nitrogens with zero attached hydrogens (tertiary/aromatic N) is 1. The van der Waals surface area contributed by atoms with E-state index in [1.165, 1.54) is 0 Å². The molecule has 6 nitrogen and oxygen atoms in total. The van der Waals surface area contributed by atoms with Gasteiger partial charge in [-0.25, -0.2) is 4.79 Å². The minimum Gasteiger partial charge on any atom is -0.478 e. The summed E-state index contributed by atoms with van der Waals surface area (Å²) >= 11 is 5.48. The van der Waals surface area contributed by atoms with Gasteiger partial charge in [0, 0.05) is 6.07 Å². The molecule has 1 rings (SSSR count). The number of hydrogen-bond acceptors (Lipinski definition) is 4. The van der Waals surface area contributed by atoms with Crippen molar-refractivity contribution in [3.63, 3.8) is 0 Å². The molecule has 0 saturated carbocycles. The first kappa shape index (κ1) is 10.3. The zero-order valence-corrected chi connectivity index (χ0v) is 7.49. The van der Waals surface area contributed by atoms with E-state index < -0.39 is 16.6 Å². The van der Waals surface area contributed by atoms with E-state index in [1.807, 2.05) is 0 Å². The van der Waals surface area contributed by atoms with Crippen molar-refractivity contribution in [1.29, 1.82) is 0 Å². The quantitative estimate of drug-likeness (QED) is 0.443. The highest BCUT2D eigenvalue weighted by Crippen LogP contribution is 2.29. The van der Waals surface area contributed by atoms with Crippen LogP contribution in [0.1, 0.15) is 10.4 Å². The summed E-state index contributed by atoms with van der Waals surface area (Å²) in [6, 6.07) is 1.88. The number of rotatable bonds is 2. The molecule has 0 amide bonds. The summed E-state index contributed by atoms with van der Waals surface area (Å²) in [4.78, 5) is 20.2. The maximum atomic E-state index is 10.5. The lowest BCUT2D eigenvalue weighted by Crippen LogP contribution is -2.03. The molecule has 0 spiro atoms. The molecular formula is C7H5ClN2O4. The van der Waals surface area contributed by atoms with Gasteiger partial charge < -0.3 is 10.8 Å². The number of nitrogens with two attached hydrogens (primary N) is 1.